The zero-order valence-corrected chi connectivity index (χ0v) is 14.0. The lowest BCUT2D eigenvalue weighted by molar-refractivity contribution is -0.134. The Hall–Kier alpha value is -1.52. The average Bonchev–Trinajstić information content (AvgIpc) is 3.16. The molecule has 1 aromatic carbocycles. The van der Waals surface area contributed by atoms with Gasteiger partial charge in [-0.1, -0.05) is 17.7 Å². The molecule has 1 aliphatic heterocycles. The molecular weight excluding hydrogens is 318 g/mol. The van der Waals surface area contributed by atoms with E-state index in [-0.39, 0.29) is 18.6 Å². The minimum Gasteiger partial charge on any atom is -0.483 e. The van der Waals surface area contributed by atoms with Gasteiger partial charge in [0, 0.05) is 16.4 Å². The molecule has 2 heterocycles. The number of hydrogen-bond acceptors (Lipinski definition) is 3. The number of hydrogen-bond donors (Lipinski definition) is 0. The lowest BCUT2D eigenvalue weighted by Gasteiger charge is -2.24. The summed E-state index contributed by atoms with van der Waals surface area (Å²) in [6, 6.07) is 9.78. The summed E-state index contributed by atoms with van der Waals surface area (Å²) >= 11 is 7.64. The van der Waals surface area contributed by atoms with Gasteiger partial charge in [-0.05, 0) is 55.0 Å². The maximum atomic E-state index is 12.5. The highest BCUT2D eigenvalue weighted by Gasteiger charge is 2.30. The molecule has 0 spiro atoms. The smallest absolute Gasteiger partial charge is 0.261 e. The molecule has 1 fully saturated rings. The molecule has 0 radical (unpaired) electrons. The van der Waals surface area contributed by atoms with Gasteiger partial charge in [-0.2, -0.15) is 0 Å². The highest BCUT2D eigenvalue weighted by Crippen LogP contribution is 2.34. The van der Waals surface area contributed by atoms with Crippen LogP contribution in [0.4, 0.5) is 0 Å². The summed E-state index contributed by atoms with van der Waals surface area (Å²) in [5, 5.41) is 2.73. The van der Waals surface area contributed by atoms with Crippen molar-refractivity contribution < 1.29 is 9.53 Å². The third-order valence-corrected chi connectivity index (χ3v) is 5.14. The summed E-state index contributed by atoms with van der Waals surface area (Å²) in [6.07, 6.45) is 2.08. The molecule has 2 aromatic rings. The first-order chi connectivity index (χ1) is 10.6. The molecule has 3 nitrogen and oxygen atoms in total. The molecule has 1 aromatic heterocycles. The summed E-state index contributed by atoms with van der Waals surface area (Å²) in [5.41, 5.74) is 0.941. The van der Waals surface area contributed by atoms with Gasteiger partial charge in [-0.3, -0.25) is 4.79 Å². The lowest BCUT2D eigenvalue weighted by atomic mass is 10.2. The van der Waals surface area contributed by atoms with Gasteiger partial charge < -0.3 is 9.64 Å². The molecule has 22 heavy (non-hydrogen) atoms. The number of halogens is 1. The molecule has 5 heteroatoms. The molecule has 0 N–H and O–H groups in total. The van der Waals surface area contributed by atoms with Crippen LogP contribution in [-0.4, -0.2) is 24.0 Å². The van der Waals surface area contributed by atoms with Crippen LogP contribution in [0.5, 0.6) is 5.75 Å². The third-order valence-electron chi connectivity index (χ3n) is 3.93. The molecule has 1 unspecified atom stereocenters. The van der Waals surface area contributed by atoms with Gasteiger partial charge in [0.25, 0.3) is 5.91 Å². The monoisotopic (exact) mass is 335 g/mol. The number of benzene rings is 1. The van der Waals surface area contributed by atoms with Crippen LogP contribution < -0.4 is 4.74 Å². The lowest BCUT2D eigenvalue weighted by Crippen LogP contribution is -2.34. The number of amides is 1. The van der Waals surface area contributed by atoms with Crippen molar-refractivity contribution >= 4 is 28.8 Å². The third kappa shape index (κ3) is 3.28. The van der Waals surface area contributed by atoms with Crippen molar-refractivity contribution in [2.24, 2.45) is 0 Å². The van der Waals surface area contributed by atoms with Crippen LogP contribution in [-0.2, 0) is 4.79 Å². The Labute approximate surface area is 139 Å². The quantitative estimate of drug-likeness (QED) is 0.826. The Balaban J connectivity index is 1.64. The molecule has 0 bridgehead atoms. The summed E-state index contributed by atoms with van der Waals surface area (Å²) < 4.78 is 5.69. The van der Waals surface area contributed by atoms with Crippen LogP contribution in [0, 0.1) is 6.92 Å². The summed E-state index contributed by atoms with van der Waals surface area (Å²) in [7, 11) is 0. The van der Waals surface area contributed by atoms with Crippen molar-refractivity contribution in [3.05, 3.63) is 51.2 Å². The van der Waals surface area contributed by atoms with E-state index in [1.165, 1.54) is 4.88 Å². The number of likely N-dealkylation sites (tertiary alicyclic amines) is 1. The highest BCUT2D eigenvalue weighted by molar-refractivity contribution is 7.10. The fraction of sp³-hybridized carbons (Fsp3) is 0.353. The van der Waals surface area contributed by atoms with Crippen molar-refractivity contribution in [3.8, 4) is 5.75 Å². The first-order valence-electron chi connectivity index (χ1n) is 7.37. The molecule has 1 amide bonds. The van der Waals surface area contributed by atoms with E-state index >= 15 is 0 Å². The van der Waals surface area contributed by atoms with Crippen molar-refractivity contribution in [1.29, 1.82) is 0 Å². The zero-order valence-electron chi connectivity index (χ0n) is 12.4. The minimum absolute atomic E-state index is 0.0465. The van der Waals surface area contributed by atoms with E-state index in [2.05, 4.69) is 11.4 Å². The van der Waals surface area contributed by atoms with Gasteiger partial charge in [0.15, 0.2) is 6.61 Å². The van der Waals surface area contributed by atoms with Crippen molar-refractivity contribution in [2.45, 2.75) is 25.8 Å². The number of aryl methyl sites for hydroxylation is 1. The molecule has 0 aliphatic carbocycles. The molecule has 0 saturated carbocycles. The Morgan fingerprint density at radius 1 is 1.45 bits per heavy atom. The number of ether oxygens (including phenoxy) is 1. The van der Waals surface area contributed by atoms with Crippen molar-refractivity contribution in [2.75, 3.05) is 13.2 Å². The van der Waals surface area contributed by atoms with Crippen LogP contribution >= 0.6 is 22.9 Å². The van der Waals surface area contributed by atoms with Crippen LogP contribution in [0.3, 0.4) is 0 Å². The SMILES string of the molecule is Cc1cc(Cl)ccc1OCC(=O)N1CCCC1c1cccs1. The summed E-state index contributed by atoms with van der Waals surface area (Å²) in [4.78, 5) is 15.7. The van der Waals surface area contributed by atoms with Gasteiger partial charge in [0.1, 0.15) is 5.75 Å². The van der Waals surface area contributed by atoms with Crippen LogP contribution in [0.15, 0.2) is 35.7 Å². The fourth-order valence-electron chi connectivity index (χ4n) is 2.84. The Morgan fingerprint density at radius 3 is 3.05 bits per heavy atom. The van der Waals surface area contributed by atoms with E-state index in [9.17, 15) is 4.79 Å². The van der Waals surface area contributed by atoms with Crippen LogP contribution in [0.25, 0.3) is 0 Å². The Kier molecular flexibility index (Phi) is 4.69. The predicted molar refractivity (Wildman–Crippen MR) is 89.7 cm³/mol. The summed E-state index contributed by atoms with van der Waals surface area (Å²) in [5.74, 6) is 0.759. The highest BCUT2D eigenvalue weighted by atomic mass is 35.5. The van der Waals surface area contributed by atoms with E-state index in [0.717, 1.165) is 24.9 Å². The van der Waals surface area contributed by atoms with Gasteiger partial charge >= 0.3 is 0 Å². The second kappa shape index (κ2) is 6.71. The van der Waals surface area contributed by atoms with E-state index in [1.807, 2.05) is 30.0 Å². The minimum atomic E-state index is 0.0465. The van der Waals surface area contributed by atoms with Gasteiger partial charge in [-0.25, -0.2) is 0 Å². The average molecular weight is 336 g/mol. The Morgan fingerprint density at radius 2 is 2.32 bits per heavy atom. The molecule has 1 aliphatic rings. The van der Waals surface area contributed by atoms with Gasteiger partial charge in [0.2, 0.25) is 0 Å². The van der Waals surface area contributed by atoms with E-state index in [0.29, 0.717) is 10.8 Å². The molecule has 116 valence electrons. The second-order valence-electron chi connectivity index (χ2n) is 5.46. The fourth-order valence-corrected chi connectivity index (χ4v) is 3.94. The number of rotatable bonds is 4. The van der Waals surface area contributed by atoms with Gasteiger partial charge in [-0.15, -0.1) is 11.3 Å². The summed E-state index contributed by atoms with van der Waals surface area (Å²) in [6.45, 7) is 2.81. The predicted octanol–water partition coefficient (Wildman–Crippen LogP) is 4.45. The maximum absolute atomic E-state index is 12.5. The largest absolute Gasteiger partial charge is 0.483 e. The van der Waals surface area contributed by atoms with E-state index in [4.69, 9.17) is 16.3 Å². The first kappa shape index (κ1) is 15.4. The zero-order chi connectivity index (χ0) is 15.5. The second-order valence-corrected chi connectivity index (χ2v) is 6.87. The molecule has 1 saturated heterocycles. The van der Waals surface area contributed by atoms with E-state index in [1.54, 1.807) is 17.4 Å². The van der Waals surface area contributed by atoms with Gasteiger partial charge in [0.05, 0.1) is 6.04 Å². The van der Waals surface area contributed by atoms with Crippen molar-refractivity contribution in [3.63, 3.8) is 0 Å². The number of carbonyl (C=O) groups is 1. The van der Waals surface area contributed by atoms with Crippen molar-refractivity contribution in [1.82, 2.24) is 4.90 Å². The van der Waals surface area contributed by atoms with Crippen LogP contribution in [0.1, 0.15) is 29.3 Å². The standard InChI is InChI=1S/C17H18ClNO2S/c1-12-10-13(18)6-7-15(12)21-11-17(20)19-8-2-4-14(19)16-5-3-9-22-16/h3,5-7,9-10,14H,2,4,8,11H2,1H3. The Bertz CT molecular complexity index is 657. The van der Waals surface area contributed by atoms with E-state index < -0.39 is 0 Å². The molecular formula is C17H18ClNO2S. The topological polar surface area (TPSA) is 29.5 Å². The first-order valence-corrected chi connectivity index (χ1v) is 8.63. The number of carbonyl (C=O) groups excluding carboxylic acids is 1. The molecule has 1 atom stereocenters. The normalized spacial score (nSPS) is 17.7. The van der Waals surface area contributed by atoms with Crippen LogP contribution in [0.2, 0.25) is 5.02 Å². The number of thiophene rings is 1. The maximum Gasteiger partial charge on any atom is 0.261 e. The number of nitrogens with zero attached hydrogens (tertiary/aromatic N) is 1. The molecule has 3 rings (SSSR count).